The number of benzene rings is 1. The smallest absolute Gasteiger partial charge is 0.210 e. The summed E-state index contributed by atoms with van der Waals surface area (Å²) in [4.78, 5) is 0.267. The van der Waals surface area contributed by atoms with Gasteiger partial charge in [0.05, 0.1) is 11.0 Å². The van der Waals surface area contributed by atoms with Crippen molar-refractivity contribution in [2.75, 3.05) is 6.54 Å². The molecule has 0 unspecified atom stereocenters. The summed E-state index contributed by atoms with van der Waals surface area (Å²) in [6.07, 6.45) is 0.172. The minimum absolute atomic E-state index is 0.146. The highest BCUT2D eigenvalue weighted by atomic mass is 32.2. The zero-order valence-electron chi connectivity index (χ0n) is 8.40. The van der Waals surface area contributed by atoms with E-state index in [1.54, 1.807) is 31.2 Å². The first kappa shape index (κ1) is 11.7. The number of nitrogens with one attached hydrogen (secondary N) is 1. The average Bonchev–Trinajstić information content (AvgIpc) is 2.18. The fourth-order valence-electron chi connectivity index (χ4n) is 1.18. The second kappa shape index (κ2) is 4.91. The van der Waals surface area contributed by atoms with E-state index in [0.29, 0.717) is 5.56 Å². The highest BCUT2D eigenvalue weighted by Crippen LogP contribution is 2.13. The summed E-state index contributed by atoms with van der Waals surface area (Å²) < 4.78 is 25.8. The standard InChI is InChI=1S/C10H12N2O2S/c1-9-5-2-3-6-10(9)15(13,14)12-8-4-7-11/h2-3,5-6,12H,4,8H2,1H3. The van der Waals surface area contributed by atoms with Crippen LogP contribution in [0.15, 0.2) is 29.2 Å². The molecule has 15 heavy (non-hydrogen) atoms. The quantitative estimate of drug-likeness (QED) is 0.781. The molecule has 0 fully saturated rings. The molecule has 0 saturated heterocycles. The van der Waals surface area contributed by atoms with E-state index < -0.39 is 10.0 Å². The second-order valence-electron chi connectivity index (χ2n) is 3.07. The largest absolute Gasteiger partial charge is 0.240 e. The Hall–Kier alpha value is -1.38. The fraction of sp³-hybridized carbons (Fsp3) is 0.300. The van der Waals surface area contributed by atoms with Gasteiger partial charge < -0.3 is 0 Å². The summed E-state index contributed by atoms with van der Waals surface area (Å²) in [7, 11) is -3.46. The van der Waals surface area contributed by atoms with Gasteiger partial charge in [0.1, 0.15) is 0 Å². The number of nitrogens with zero attached hydrogens (tertiary/aromatic N) is 1. The van der Waals surface area contributed by atoms with Gasteiger partial charge in [-0.25, -0.2) is 13.1 Å². The van der Waals surface area contributed by atoms with Crippen molar-refractivity contribution in [2.45, 2.75) is 18.2 Å². The van der Waals surface area contributed by atoms with Gasteiger partial charge in [0, 0.05) is 13.0 Å². The van der Waals surface area contributed by atoms with Crippen molar-refractivity contribution >= 4 is 10.0 Å². The molecule has 0 bridgehead atoms. The highest BCUT2D eigenvalue weighted by molar-refractivity contribution is 7.89. The molecule has 0 heterocycles. The van der Waals surface area contributed by atoms with E-state index in [2.05, 4.69) is 4.72 Å². The first-order valence-electron chi connectivity index (χ1n) is 4.50. The Kier molecular flexibility index (Phi) is 3.83. The lowest BCUT2D eigenvalue weighted by Crippen LogP contribution is -2.25. The maximum absolute atomic E-state index is 11.7. The van der Waals surface area contributed by atoms with E-state index in [1.165, 1.54) is 0 Å². The third-order valence-electron chi connectivity index (χ3n) is 1.91. The lowest BCUT2D eigenvalue weighted by atomic mass is 10.2. The molecule has 0 aliphatic carbocycles. The predicted octanol–water partition coefficient (Wildman–Crippen LogP) is 1.19. The summed E-state index contributed by atoms with van der Waals surface area (Å²) in [6.45, 7) is 1.88. The molecule has 0 aromatic heterocycles. The lowest BCUT2D eigenvalue weighted by Gasteiger charge is -2.07. The third-order valence-corrected chi connectivity index (χ3v) is 3.53. The number of rotatable bonds is 4. The molecule has 0 atom stereocenters. The molecular weight excluding hydrogens is 212 g/mol. The molecule has 1 aromatic rings. The predicted molar refractivity (Wildman–Crippen MR) is 56.6 cm³/mol. The molecule has 0 saturated carbocycles. The van der Waals surface area contributed by atoms with Gasteiger partial charge in [0.25, 0.3) is 0 Å². The Morgan fingerprint density at radius 2 is 2.07 bits per heavy atom. The summed E-state index contributed by atoms with van der Waals surface area (Å²) in [5, 5.41) is 8.30. The molecule has 0 aliphatic rings. The van der Waals surface area contributed by atoms with Gasteiger partial charge in [-0.1, -0.05) is 18.2 Å². The number of nitriles is 1. The van der Waals surface area contributed by atoms with Crippen molar-refractivity contribution in [3.63, 3.8) is 0 Å². The van der Waals surface area contributed by atoms with Gasteiger partial charge >= 0.3 is 0 Å². The van der Waals surface area contributed by atoms with Crippen molar-refractivity contribution in [1.82, 2.24) is 4.72 Å². The molecule has 0 spiro atoms. The monoisotopic (exact) mass is 224 g/mol. The van der Waals surface area contributed by atoms with Gasteiger partial charge in [-0.15, -0.1) is 0 Å². The number of sulfonamides is 1. The molecular formula is C10H12N2O2S. The molecule has 5 heteroatoms. The molecule has 1 aromatic carbocycles. The van der Waals surface area contributed by atoms with Crippen molar-refractivity contribution in [2.24, 2.45) is 0 Å². The van der Waals surface area contributed by atoms with Crippen molar-refractivity contribution < 1.29 is 8.42 Å². The van der Waals surface area contributed by atoms with Crippen LogP contribution in [0.3, 0.4) is 0 Å². The molecule has 80 valence electrons. The first-order valence-corrected chi connectivity index (χ1v) is 5.98. The topological polar surface area (TPSA) is 70.0 Å². The van der Waals surface area contributed by atoms with Crippen LogP contribution in [0.4, 0.5) is 0 Å². The van der Waals surface area contributed by atoms with Crippen LogP contribution in [0.2, 0.25) is 0 Å². The van der Waals surface area contributed by atoms with Crippen LogP contribution >= 0.6 is 0 Å². The number of aryl methyl sites for hydroxylation is 1. The number of hydrogen-bond donors (Lipinski definition) is 1. The van der Waals surface area contributed by atoms with Crippen LogP contribution in [0.25, 0.3) is 0 Å². The maximum Gasteiger partial charge on any atom is 0.240 e. The zero-order chi connectivity index (χ0) is 11.3. The Labute approximate surface area is 89.6 Å². The van der Waals surface area contributed by atoms with E-state index >= 15 is 0 Å². The van der Waals surface area contributed by atoms with Crippen LogP contribution in [-0.2, 0) is 10.0 Å². The van der Waals surface area contributed by atoms with Crippen molar-refractivity contribution in [1.29, 1.82) is 5.26 Å². The maximum atomic E-state index is 11.7. The SMILES string of the molecule is Cc1ccccc1S(=O)(=O)NCCC#N. The van der Waals surface area contributed by atoms with Crippen LogP contribution in [0.5, 0.6) is 0 Å². The Balaban J connectivity index is 2.88. The van der Waals surface area contributed by atoms with E-state index in [-0.39, 0.29) is 17.9 Å². The van der Waals surface area contributed by atoms with E-state index in [0.717, 1.165) is 0 Å². The molecule has 1 N–H and O–H groups in total. The third kappa shape index (κ3) is 3.05. The van der Waals surface area contributed by atoms with Crippen molar-refractivity contribution in [3.8, 4) is 6.07 Å². The summed E-state index contributed by atoms with van der Waals surface area (Å²) in [6, 6.07) is 8.61. The van der Waals surface area contributed by atoms with Crippen molar-refractivity contribution in [3.05, 3.63) is 29.8 Å². The Morgan fingerprint density at radius 1 is 1.40 bits per heavy atom. The van der Waals surface area contributed by atoms with Gasteiger partial charge in [-0.05, 0) is 18.6 Å². The van der Waals surface area contributed by atoms with Crippen LogP contribution in [0, 0.1) is 18.3 Å². The van der Waals surface area contributed by atoms with E-state index in [4.69, 9.17) is 5.26 Å². The number of hydrogen-bond acceptors (Lipinski definition) is 3. The minimum atomic E-state index is -3.46. The Bertz CT molecular complexity index is 474. The average molecular weight is 224 g/mol. The molecule has 0 radical (unpaired) electrons. The molecule has 0 amide bonds. The minimum Gasteiger partial charge on any atom is -0.210 e. The van der Waals surface area contributed by atoms with Gasteiger partial charge in [-0.3, -0.25) is 0 Å². The summed E-state index contributed by atoms with van der Waals surface area (Å²) in [5.74, 6) is 0. The van der Waals surface area contributed by atoms with Crippen LogP contribution in [-0.4, -0.2) is 15.0 Å². The Morgan fingerprint density at radius 3 is 2.67 bits per heavy atom. The van der Waals surface area contributed by atoms with Gasteiger partial charge in [-0.2, -0.15) is 5.26 Å². The lowest BCUT2D eigenvalue weighted by molar-refractivity contribution is 0.582. The van der Waals surface area contributed by atoms with Gasteiger partial charge in [0.2, 0.25) is 10.0 Å². The first-order chi connectivity index (χ1) is 7.08. The zero-order valence-corrected chi connectivity index (χ0v) is 9.21. The summed E-state index contributed by atoms with van der Waals surface area (Å²) >= 11 is 0. The second-order valence-corrected chi connectivity index (χ2v) is 4.81. The van der Waals surface area contributed by atoms with Gasteiger partial charge in [0.15, 0.2) is 0 Å². The van der Waals surface area contributed by atoms with E-state index in [1.807, 2.05) is 6.07 Å². The van der Waals surface area contributed by atoms with E-state index in [9.17, 15) is 8.42 Å². The van der Waals surface area contributed by atoms with Crippen LogP contribution in [0.1, 0.15) is 12.0 Å². The highest BCUT2D eigenvalue weighted by Gasteiger charge is 2.14. The fourth-order valence-corrected chi connectivity index (χ4v) is 2.45. The molecule has 0 aliphatic heterocycles. The summed E-state index contributed by atoms with van der Waals surface area (Å²) in [5.41, 5.74) is 0.696. The normalized spacial score (nSPS) is 10.9. The molecule has 1 rings (SSSR count). The van der Waals surface area contributed by atoms with Crippen LogP contribution < -0.4 is 4.72 Å². The molecule has 4 nitrogen and oxygen atoms in total.